The summed E-state index contributed by atoms with van der Waals surface area (Å²) < 4.78 is 17.1. The van der Waals surface area contributed by atoms with Crippen molar-refractivity contribution < 1.29 is 50.4 Å². The Morgan fingerprint density at radius 1 is 1.16 bits per heavy atom. The molecule has 1 aliphatic heterocycles. The summed E-state index contributed by atoms with van der Waals surface area (Å²) in [4.78, 5) is 39.6. The van der Waals surface area contributed by atoms with E-state index in [1.165, 1.54) is 32.2 Å². The van der Waals surface area contributed by atoms with E-state index in [-0.39, 0.29) is 42.3 Å². The maximum absolute atomic E-state index is 13.6. The van der Waals surface area contributed by atoms with Gasteiger partial charge in [0.2, 0.25) is 5.78 Å². The average Bonchev–Trinajstić information content (AvgIpc) is 2.87. The van der Waals surface area contributed by atoms with Crippen molar-refractivity contribution in [3.8, 4) is 17.2 Å². The summed E-state index contributed by atoms with van der Waals surface area (Å²) in [5.41, 5.74) is 2.97. The maximum Gasteiger partial charge on any atom is 1.00 e. The highest BCUT2D eigenvalue weighted by Crippen LogP contribution is 2.52. The van der Waals surface area contributed by atoms with Gasteiger partial charge in [-0.25, -0.2) is 0 Å². The first-order chi connectivity index (χ1) is 17.9. The number of carbonyl (C=O) groups excluding carboxylic acids is 3. The lowest BCUT2D eigenvalue weighted by Gasteiger charge is -2.42. The van der Waals surface area contributed by atoms with E-state index in [1.54, 1.807) is 6.92 Å². The second-order valence-corrected chi connectivity index (χ2v) is 10.1. The normalized spacial score (nSPS) is 30.3. The minimum Gasteiger partial charge on any atom is -0.507 e. The maximum atomic E-state index is 13.6. The van der Waals surface area contributed by atoms with E-state index in [1.807, 2.05) is 0 Å². The van der Waals surface area contributed by atoms with Crippen LogP contribution in [0, 0.1) is 0 Å². The second-order valence-electron chi connectivity index (χ2n) is 10.1. The molecule has 1 heterocycles. The van der Waals surface area contributed by atoms with Crippen molar-refractivity contribution in [1.29, 1.82) is 0 Å². The molecule has 0 spiro atoms. The number of benzene rings is 2. The Bertz CT molecular complexity index is 1370. The predicted molar refractivity (Wildman–Crippen MR) is 131 cm³/mol. The minimum absolute atomic E-state index is 0. The van der Waals surface area contributed by atoms with E-state index in [0.717, 1.165) is 0 Å². The fourth-order valence-electron chi connectivity index (χ4n) is 5.66. The summed E-state index contributed by atoms with van der Waals surface area (Å²) in [6, 6.07) is 3.75. The molecule has 0 saturated carbocycles. The first-order valence-electron chi connectivity index (χ1n) is 12.2. The van der Waals surface area contributed by atoms with Crippen molar-refractivity contribution in [3.05, 3.63) is 51.6 Å². The highest BCUT2D eigenvalue weighted by atomic mass is 16.7. The van der Waals surface area contributed by atoms with Gasteiger partial charge in [0, 0.05) is 42.0 Å². The Balaban J connectivity index is 0.00000353. The first-order valence-corrected chi connectivity index (χ1v) is 12.2. The summed E-state index contributed by atoms with van der Waals surface area (Å²) in [7, 11) is 1.34. The molecule has 5 rings (SSSR count). The molecule has 6 atom stereocenters. The summed E-state index contributed by atoms with van der Waals surface area (Å²) in [6.45, 7) is 2.79. The highest BCUT2D eigenvalue weighted by Gasteiger charge is 2.49. The Morgan fingerprint density at radius 2 is 1.84 bits per heavy atom. The SMILES string of the molecule is COc1cccc2c1C(=O)c1c(O)c3c(c(O)c1C2=O)CC(O)(C(C)=O)CC3OC1CC(N)C(O)C(C)O1.[H+]. The molecule has 11 nitrogen and oxygen atoms in total. The lowest BCUT2D eigenvalue weighted by atomic mass is 9.72. The van der Waals surface area contributed by atoms with E-state index in [2.05, 4.69) is 0 Å². The zero-order valence-electron chi connectivity index (χ0n) is 22.1. The van der Waals surface area contributed by atoms with E-state index in [0.29, 0.717) is 0 Å². The van der Waals surface area contributed by atoms with Gasteiger partial charge in [0.05, 0.1) is 42.1 Å². The summed E-state index contributed by atoms with van der Waals surface area (Å²) in [5.74, 6) is -3.18. The molecule has 3 aliphatic rings. The fraction of sp³-hybridized carbons (Fsp3) is 0.444. The van der Waals surface area contributed by atoms with E-state index in [9.17, 15) is 34.8 Å². The quantitative estimate of drug-likeness (QED) is 0.306. The molecule has 1 fully saturated rings. The van der Waals surface area contributed by atoms with Crippen molar-refractivity contribution in [2.45, 2.75) is 69.4 Å². The van der Waals surface area contributed by atoms with Crippen LogP contribution in [0.2, 0.25) is 0 Å². The molecule has 2 aliphatic carbocycles. The molecule has 6 unspecified atom stereocenters. The van der Waals surface area contributed by atoms with Crippen molar-refractivity contribution in [1.82, 2.24) is 0 Å². The molecule has 11 heteroatoms. The molecule has 1 saturated heterocycles. The summed E-state index contributed by atoms with van der Waals surface area (Å²) in [6.07, 6.45) is -4.53. The van der Waals surface area contributed by atoms with Gasteiger partial charge in [-0.2, -0.15) is 0 Å². The number of phenolic OH excluding ortho intramolecular Hbond substituents is 2. The Labute approximate surface area is 219 Å². The fourth-order valence-corrected chi connectivity index (χ4v) is 5.66. The van der Waals surface area contributed by atoms with Crippen LogP contribution in [0.15, 0.2) is 18.2 Å². The monoisotopic (exact) mass is 528 g/mol. The van der Waals surface area contributed by atoms with Gasteiger partial charge >= 0.3 is 1.43 Å². The lowest BCUT2D eigenvalue weighted by Crippen LogP contribution is -2.52. The Hall–Kier alpha value is -3.35. The van der Waals surface area contributed by atoms with E-state index in [4.69, 9.17) is 19.9 Å². The molecule has 0 aromatic heterocycles. The number of hydrogen-bond acceptors (Lipinski definition) is 11. The Kier molecular flexibility index (Phi) is 6.32. The lowest BCUT2D eigenvalue weighted by molar-refractivity contribution is -0.247. The van der Waals surface area contributed by atoms with Crippen molar-refractivity contribution in [3.63, 3.8) is 0 Å². The molecule has 0 bridgehead atoms. The summed E-state index contributed by atoms with van der Waals surface area (Å²) in [5, 5.41) is 44.1. The van der Waals surface area contributed by atoms with Gasteiger partial charge in [-0.3, -0.25) is 14.4 Å². The summed E-state index contributed by atoms with van der Waals surface area (Å²) >= 11 is 0. The number of ether oxygens (including phenoxy) is 3. The van der Waals surface area contributed by atoms with Gasteiger partial charge in [-0.05, 0) is 19.9 Å². The molecule has 0 amide bonds. The number of aliphatic hydroxyl groups excluding tert-OH is 1. The number of fused-ring (bicyclic) bond motifs is 3. The minimum atomic E-state index is -2.00. The number of rotatable bonds is 4. The van der Waals surface area contributed by atoms with Gasteiger partial charge in [0.1, 0.15) is 22.8 Å². The first kappa shape index (κ1) is 26.3. The van der Waals surface area contributed by atoms with Crippen molar-refractivity contribution >= 4 is 17.3 Å². The second kappa shape index (κ2) is 9.14. The van der Waals surface area contributed by atoms with Crippen LogP contribution in [0.25, 0.3) is 0 Å². The van der Waals surface area contributed by atoms with Crippen LogP contribution in [0.4, 0.5) is 0 Å². The molecule has 38 heavy (non-hydrogen) atoms. The third kappa shape index (κ3) is 3.81. The molecule has 6 N–H and O–H groups in total. The number of carbonyl (C=O) groups is 3. The van der Waals surface area contributed by atoms with Gasteiger partial charge in [-0.15, -0.1) is 0 Å². The molecule has 2 aromatic carbocycles. The standard InChI is InChI=1S/C27H29NO10/c1-10-22(30)14(28)7-17(37-10)38-16-9-27(35,11(2)29)8-13-19(16)26(34)21-20(24(13)32)23(31)12-5-4-6-15(36-3)18(12)25(21)33/h4-6,10,14,16-17,22,30,32,34-35H,7-9,28H2,1-3H3/p+1. The van der Waals surface area contributed by atoms with Gasteiger partial charge in [0.15, 0.2) is 17.9 Å². The third-order valence-corrected chi connectivity index (χ3v) is 7.80. The number of hydrogen-bond donors (Lipinski definition) is 5. The van der Waals surface area contributed by atoms with Gasteiger partial charge in [0.25, 0.3) is 0 Å². The predicted octanol–water partition coefficient (Wildman–Crippen LogP) is 1.14. The largest absolute Gasteiger partial charge is 1.00 e. The number of phenols is 2. The number of aliphatic hydroxyl groups is 2. The number of nitrogens with two attached hydrogens (primary N) is 1. The van der Waals surface area contributed by atoms with Crippen LogP contribution in [-0.4, -0.2) is 75.0 Å². The average molecular weight is 529 g/mol. The Morgan fingerprint density at radius 3 is 2.47 bits per heavy atom. The van der Waals surface area contributed by atoms with Crippen LogP contribution < -0.4 is 10.5 Å². The number of aromatic hydroxyl groups is 2. The third-order valence-electron chi connectivity index (χ3n) is 7.80. The van der Waals surface area contributed by atoms with Gasteiger partial charge < -0.3 is 40.4 Å². The molecule has 202 valence electrons. The van der Waals surface area contributed by atoms with Crippen LogP contribution in [-0.2, 0) is 20.7 Å². The zero-order chi connectivity index (χ0) is 27.7. The van der Waals surface area contributed by atoms with Crippen LogP contribution >= 0.6 is 0 Å². The molecule has 2 aromatic rings. The van der Waals surface area contributed by atoms with Crippen LogP contribution in [0.1, 0.15) is 77.2 Å². The molecular formula is C27H30NO10+. The topological polar surface area (TPSA) is 186 Å². The number of ketones is 3. The molecule has 0 radical (unpaired) electrons. The molecular weight excluding hydrogens is 498 g/mol. The van der Waals surface area contributed by atoms with Crippen molar-refractivity contribution in [2.24, 2.45) is 5.73 Å². The van der Waals surface area contributed by atoms with E-state index >= 15 is 0 Å². The van der Waals surface area contributed by atoms with E-state index < -0.39 is 82.6 Å². The highest BCUT2D eigenvalue weighted by molar-refractivity contribution is 6.31. The van der Waals surface area contributed by atoms with Crippen molar-refractivity contribution in [2.75, 3.05) is 7.11 Å². The number of Topliss-reactive ketones (excluding diaryl/α,β-unsaturated/α-hetero) is 1. The smallest absolute Gasteiger partial charge is 0.507 e. The van der Waals surface area contributed by atoms with Crippen LogP contribution in [0.3, 0.4) is 0 Å². The zero-order valence-corrected chi connectivity index (χ0v) is 21.1. The van der Waals surface area contributed by atoms with Crippen LogP contribution in [0.5, 0.6) is 17.2 Å². The number of methoxy groups -OCH3 is 1. The van der Waals surface area contributed by atoms with Gasteiger partial charge in [-0.1, -0.05) is 12.1 Å².